The molecule has 1 aliphatic heterocycles. The van der Waals surface area contributed by atoms with Crippen LogP contribution in [0.3, 0.4) is 0 Å². The smallest absolute Gasteiger partial charge is 0.412 e. The highest BCUT2D eigenvalue weighted by Gasteiger charge is 2.49. The van der Waals surface area contributed by atoms with E-state index < -0.39 is 43.3 Å². The van der Waals surface area contributed by atoms with Gasteiger partial charge in [0.1, 0.15) is 24.9 Å². The number of nitrogens with zero attached hydrogens (tertiary/aromatic N) is 1. The molecule has 1 amide bonds. The van der Waals surface area contributed by atoms with Crippen LogP contribution in [0.4, 0.5) is 4.79 Å². The van der Waals surface area contributed by atoms with Crippen molar-refractivity contribution in [1.29, 1.82) is 0 Å². The lowest BCUT2D eigenvalue weighted by molar-refractivity contribution is -0.212. The minimum atomic E-state index is -1.79. The van der Waals surface area contributed by atoms with E-state index >= 15 is 0 Å². The third-order valence-corrected chi connectivity index (χ3v) is 3.64. The van der Waals surface area contributed by atoms with Crippen LogP contribution in [0, 0.1) is 0 Å². The Bertz CT molecular complexity index is 497. The molecule has 1 unspecified atom stereocenters. The Kier molecular flexibility index (Phi) is 5.33. The number of hydrogen-bond donors (Lipinski definition) is 5. The summed E-state index contributed by atoms with van der Waals surface area (Å²) in [5.74, 6) is 0. The summed E-state index contributed by atoms with van der Waals surface area (Å²) in [6.07, 6.45) is -7.85. The van der Waals surface area contributed by atoms with Crippen molar-refractivity contribution >= 4 is 6.09 Å². The van der Waals surface area contributed by atoms with Crippen molar-refractivity contribution in [2.75, 3.05) is 6.61 Å². The fraction of sp³-hybridized carbons (Fsp3) is 0.500. The van der Waals surface area contributed by atoms with E-state index in [1.165, 1.54) is 0 Å². The van der Waals surface area contributed by atoms with Crippen molar-refractivity contribution in [2.24, 2.45) is 0 Å². The number of aliphatic hydroxyl groups excluding tert-OH is 5. The Morgan fingerprint density at radius 1 is 1.05 bits per heavy atom. The SMILES string of the molecule is O=C(OCc1ccccc1)N1C(O)[C@@H](O)[C@@H](O)[C@H](O)[C@H]1CO. The van der Waals surface area contributed by atoms with Crippen LogP contribution in [-0.4, -0.2) is 73.7 Å². The second kappa shape index (κ2) is 7.03. The maximum Gasteiger partial charge on any atom is 0.412 e. The second-order valence-corrected chi connectivity index (χ2v) is 5.08. The van der Waals surface area contributed by atoms with Crippen molar-refractivity contribution < 1.29 is 35.1 Å². The molecule has 0 bridgehead atoms. The third kappa shape index (κ3) is 3.21. The third-order valence-electron chi connectivity index (χ3n) is 3.64. The van der Waals surface area contributed by atoms with Gasteiger partial charge in [0.2, 0.25) is 0 Å². The summed E-state index contributed by atoms with van der Waals surface area (Å²) in [7, 11) is 0. The standard InChI is InChI=1S/C14H19NO7/c16-6-9-10(17)11(18)12(19)13(20)15(9)14(21)22-7-8-4-2-1-3-5-8/h1-5,9-13,16-20H,6-7H2/t9-,10-,11+,12+,13?/m1/s1. The van der Waals surface area contributed by atoms with Crippen LogP contribution in [0.1, 0.15) is 5.56 Å². The fourth-order valence-corrected chi connectivity index (χ4v) is 2.36. The average Bonchev–Trinajstić information content (AvgIpc) is 2.54. The number of benzene rings is 1. The Balaban J connectivity index is 2.08. The number of aliphatic hydroxyl groups is 5. The molecule has 0 saturated carbocycles. The normalized spacial score (nSPS) is 31.9. The zero-order valence-electron chi connectivity index (χ0n) is 11.7. The highest BCUT2D eigenvalue weighted by molar-refractivity contribution is 5.69. The summed E-state index contributed by atoms with van der Waals surface area (Å²) in [5.41, 5.74) is 0.712. The van der Waals surface area contributed by atoms with E-state index in [2.05, 4.69) is 0 Å². The van der Waals surface area contributed by atoms with Crippen LogP contribution in [0.2, 0.25) is 0 Å². The zero-order valence-corrected chi connectivity index (χ0v) is 11.7. The van der Waals surface area contributed by atoms with Crippen LogP contribution < -0.4 is 0 Å². The van der Waals surface area contributed by atoms with Gasteiger partial charge in [0.25, 0.3) is 0 Å². The minimum Gasteiger partial charge on any atom is -0.444 e. The fourth-order valence-electron chi connectivity index (χ4n) is 2.36. The van der Waals surface area contributed by atoms with Crippen LogP contribution in [0.5, 0.6) is 0 Å². The molecule has 1 aliphatic rings. The van der Waals surface area contributed by atoms with Gasteiger partial charge in [-0.25, -0.2) is 4.79 Å². The molecule has 5 N–H and O–H groups in total. The van der Waals surface area contributed by atoms with Crippen LogP contribution in [0.25, 0.3) is 0 Å². The highest BCUT2D eigenvalue weighted by atomic mass is 16.6. The summed E-state index contributed by atoms with van der Waals surface area (Å²) < 4.78 is 5.01. The largest absolute Gasteiger partial charge is 0.444 e. The number of piperidine rings is 1. The van der Waals surface area contributed by atoms with Gasteiger partial charge in [-0.15, -0.1) is 0 Å². The first-order valence-corrected chi connectivity index (χ1v) is 6.79. The van der Waals surface area contributed by atoms with Crippen molar-refractivity contribution in [1.82, 2.24) is 4.90 Å². The first kappa shape index (κ1) is 16.7. The molecule has 122 valence electrons. The molecule has 1 aromatic carbocycles. The number of carbonyl (C=O) groups is 1. The molecule has 0 aromatic heterocycles. The molecule has 1 fully saturated rings. The molecular formula is C14H19NO7. The molecule has 1 aromatic rings. The van der Waals surface area contributed by atoms with E-state index in [9.17, 15) is 30.3 Å². The van der Waals surface area contributed by atoms with Crippen molar-refractivity contribution in [3.05, 3.63) is 35.9 Å². The van der Waals surface area contributed by atoms with Gasteiger partial charge >= 0.3 is 6.09 Å². The van der Waals surface area contributed by atoms with Crippen molar-refractivity contribution in [3.8, 4) is 0 Å². The summed E-state index contributed by atoms with van der Waals surface area (Å²) >= 11 is 0. The molecule has 8 heteroatoms. The van der Waals surface area contributed by atoms with Gasteiger partial charge in [0, 0.05) is 0 Å². The predicted molar refractivity (Wildman–Crippen MR) is 73.4 cm³/mol. The molecule has 22 heavy (non-hydrogen) atoms. The van der Waals surface area contributed by atoms with Crippen LogP contribution in [0.15, 0.2) is 30.3 Å². The summed E-state index contributed by atoms with van der Waals surface area (Å²) in [5, 5.41) is 48.2. The monoisotopic (exact) mass is 313 g/mol. The van der Waals surface area contributed by atoms with Gasteiger partial charge in [-0.2, -0.15) is 0 Å². The number of likely N-dealkylation sites (tertiary alicyclic amines) is 1. The van der Waals surface area contributed by atoms with E-state index in [0.29, 0.717) is 10.5 Å². The molecule has 2 rings (SSSR count). The number of amides is 1. The number of carbonyl (C=O) groups excluding carboxylic acids is 1. The van der Waals surface area contributed by atoms with Crippen molar-refractivity contribution in [3.63, 3.8) is 0 Å². The van der Waals surface area contributed by atoms with Crippen LogP contribution >= 0.6 is 0 Å². The first-order chi connectivity index (χ1) is 10.5. The van der Waals surface area contributed by atoms with Gasteiger partial charge in [-0.3, -0.25) is 4.90 Å². The molecule has 0 radical (unpaired) electrons. The van der Waals surface area contributed by atoms with E-state index in [0.717, 1.165) is 0 Å². The maximum absolute atomic E-state index is 12.1. The van der Waals surface area contributed by atoms with E-state index in [4.69, 9.17) is 4.74 Å². The predicted octanol–water partition coefficient (Wildman–Crippen LogP) is -1.60. The zero-order chi connectivity index (χ0) is 16.3. The highest BCUT2D eigenvalue weighted by Crippen LogP contribution is 2.24. The van der Waals surface area contributed by atoms with E-state index in [-0.39, 0.29) is 6.61 Å². The summed E-state index contributed by atoms with van der Waals surface area (Å²) in [6, 6.07) is 7.51. The molecule has 1 heterocycles. The maximum atomic E-state index is 12.1. The lowest BCUT2D eigenvalue weighted by Crippen LogP contribution is -2.68. The van der Waals surface area contributed by atoms with Gasteiger partial charge in [-0.05, 0) is 5.56 Å². The summed E-state index contributed by atoms with van der Waals surface area (Å²) in [6.45, 7) is -0.780. The molecule has 0 spiro atoms. The number of rotatable bonds is 3. The number of ether oxygens (including phenoxy) is 1. The lowest BCUT2D eigenvalue weighted by Gasteiger charge is -2.45. The minimum absolute atomic E-state index is 0.0736. The lowest BCUT2D eigenvalue weighted by atomic mass is 9.93. The average molecular weight is 313 g/mol. The first-order valence-electron chi connectivity index (χ1n) is 6.79. The Morgan fingerprint density at radius 3 is 2.27 bits per heavy atom. The second-order valence-electron chi connectivity index (χ2n) is 5.08. The molecule has 1 saturated heterocycles. The molecule has 0 aliphatic carbocycles. The van der Waals surface area contributed by atoms with E-state index in [1.807, 2.05) is 0 Å². The van der Waals surface area contributed by atoms with Gasteiger partial charge in [0.15, 0.2) is 6.23 Å². The van der Waals surface area contributed by atoms with Gasteiger partial charge in [0.05, 0.1) is 12.6 Å². The Hall–Kier alpha value is -1.71. The quantitative estimate of drug-likeness (QED) is 0.454. The molecule has 8 nitrogen and oxygen atoms in total. The number of hydrogen-bond acceptors (Lipinski definition) is 7. The molecule has 5 atom stereocenters. The topological polar surface area (TPSA) is 131 Å². The molecular weight excluding hydrogens is 294 g/mol. The Morgan fingerprint density at radius 2 is 1.68 bits per heavy atom. The van der Waals surface area contributed by atoms with Crippen molar-refractivity contribution in [2.45, 2.75) is 37.2 Å². The van der Waals surface area contributed by atoms with Crippen LogP contribution in [-0.2, 0) is 11.3 Å². The Labute approximate surface area is 126 Å². The van der Waals surface area contributed by atoms with E-state index in [1.54, 1.807) is 30.3 Å². The van der Waals surface area contributed by atoms with Gasteiger partial charge < -0.3 is 30.3 Å². The van der Waals surface area contributed by atoms with Gasteiger partial charge in [-0.1, -0.05) is 30.3 Å². The summed E-state index contributed by atoms with van der Waals surface area (Å²) in [4.78, 5) is 12.7.